The smallest absolute Gasteiger partial charge is 0.397 e. The summed E-state index contributed by atoms with van der Waals surface area (Å²) in [5, 5.41) is 14.5. The fraction of sp³-hybridized carbons (Fsp3) is 0.136. The number of anilines is 2. The Bertz CT molecular complexity index is 1230. The average Bonchev–Trinajstić information content (AvgIpc) is 3.46. The number of hydrogen-bond acceptors (Lipinski definition) is 5. The topological polar surface area (TPSA) is 85.8 Å². The van der Waals surface area contributed by atoms with Gasteiger partial charge in [-0.15, -0.1) is 5.10 Å². The Morgan fingerprint density at radius 1 is 1.12 bits per heavy atom. The Labute approximate surface area is 185 Å². The molecule has 3 N–H and O–H groups in total. The molecule has 2 aromatic heterocycles. The van der Waals surface area contributed by atoms with E-state index in [-0.39, 0.29) is 12.2 Å². The molecule has 0 saturated carbocycles. The van der Waals surface area contributed by atoms with Crippen molar-refractivity contribution in [2.45, 2.75) is 19.1 Å². The number of nitrogen functional groups attached to an aromatic ring is 1. The van der Waals surface area contributed by atoms with Gasteiger partial charge in [0.05, 0.1) is 23.1 Å². The molecular formula is C22H18F3N5OS. The maximum absolute atomic E-state index is 12.9. The molecule has 4 rings (SSSR count). The summed E-state index contributed by atoms with van der Waals surface area (Å²) < 4.78 is 40.0. The van der Waals surface area contributed by atoms with E-state index < -0.39 is 17.6 Å². The molecule has 0 aliphatic rings. The standard InChI is InChI=1S/C22H18F3N5OS/c23-22(24,25)17-3-1-2-14(10-17)6-8-30-12-20(28-29-30)21(31)27-19-11-15(4-5-18(19)26)16-7-9-32-13-16/h1-5,7,9-13H,6,8,26H2,(H,27,31). The second kappa shape index (κ2) is 8.83. The third-order valence-corrected chi connectivity index (χ3v) is 5.49. The number of rotatable bonds is 6. The maximum atomic E-state index is 12.9. The van der Waals surface area contributed by atoms with Crippen LogP contribution in [0, 0.1) is 0 Å². The second-order valence-corrected chi connectivity index (χ2v) is 7.86. The van der Waals surface area contributed by atoms with E-state index in [2.05, 4.69) is 15.6 Å². The van der Waals surface area contributed by atoms with Gasteiger partial charge in [0.15, 0.2) is 5.69 Å². The van der Waals surface area contributed by atoms with E-state index in [4.69, 9.17) is 5.73 Å². The number of thiophene rings is 1. The molecule has 0 radical (unpaired) electrons. The Balaban J connectivity index is 1.42. The number of aromatic nitrogens is 3. The second-order valence-electron chi connectivity index (χ2n) is 7.08. The molecule has 0 spiro atoms. The summed E-state index contributed by atoms with van der Waals surface area (Å²) in [6.45, 7) is 0.275. The zero-order valence-corrected chi connectivity index (χ0v) is 17.5. The Morgan fingerprint density at radius 3 is 2.72 bits per heavy atom. The van der Waals surface area contributed by atoms with Gasteiger partial charge in [-0.2, -0.15) is 24.5 Å². The van der Waals surface area contributed by atoms with Crippen molar-refractivity contribution in [2.75, 3.05) is 11.1 Å². The van der Waals surface area contributed by atoms with Crippen LogP contribution in [0.5, 0.6) is 0 Å². The van der Waals surface area contributed by atoms with Crippen molar-refractivity contribution in [3.05, 3.63) is 82.3 Å². The summed E-state index contributed by atoms with van der Waals surface area (Å²) in [7, 11) is 0. The van der Waals surface area contributed by atoms with Gasteiger partial charge in [-0.05, 0) is 58.1 Å². The predicted molar refractivity (Wildman–Crippen MR) is 117 cm³/mol. The van der Waals surface area contributed by atoms with Crippen LogP contribution in [0.15, 0.2) is 65.5 Å². The molecule has 32 heavy (non-hydrogen) atoms. The van der Waals surface area contributed by atoms with Crippen LogP contribution in [0.25, 0.3) is 11.1 Å². The zero-order valence-electron chi connectivity index (χ0n) is 16.6. The number of halogens is 3. The molecule has 0 bridgehead atoms. The van der Waals surface area contributed by atoms with Gasteiger partial charge in [0.1, 0.15) is 0 Å². The lowest BCUT2D eigenvalue weighted by atomic mass is 10.1. The molecule has 0 fully saturated rings. The van der Waals surface area contributed by atoms with E-state index in [1.807, 2.05) is 22.9 Å². The number of nitrogens with one attached hydrogen (secondary N) is 1. The summed E-state index contributed by atoms with van der Waals surface area (Å²) in [5.41, 5.74) is 8.69. The summed E-state index contributed by atoms with van der Waals surface area (Å²) in [6.07, 6.45) is -2.64. The van der Waals surface area contributed by atoms with Gasteiger partial charge in [0.2, 0.25) is 0 Å². The molecule has 2 heterocycles. The van der Waals surface area contributed by atoms with E-state index in [1.165, 1.54) is 16.9 Å². The van der Waals surface area contributed by atoms with Crippen molar-refractivity contribution in [3.63, 3.8) is 0 Å². The zero-order chi connectivity index (χ0) is 22.7. The van der Waals surface area contributed by atoms with Gasteiger partial charge in [-0.3, -0.25) is 9.48 Å². The van der Waals surface area contributed by atoms with E-state index in [0.29, 0.717) is 23.4 Å². The van der Waals surface area contributed by atoms with Crippen LogP contribution < -0.4 is 11.1 Å². The van der Waals surface area contributed by atoms with Crippen molar-refractivity contribution in [3.8, 4) is 11.1 Å². The summed E-state index contributed by atoms with van der Waals surface area (Å²) >= 11 is 1.57. The van der Waals surface area contributed by atoms with Gasteiger partial charge >= 0.3 is 6.18 Å². The van der Waals surface area contributed by atoms with Crippen molar-refractivity contribution in [1.29, 1.82) is 0 Å². The lowest BCUT2D eigenvalue weighted by molar-refractivity contribution is -0.137. The number of hydrogen-bond donors (Lipinski definition) is 2. The highest BCUT2D eigenvalue weighted by Crippen LogP contribution is 2.30. The number of alkyl halides is 3. The monoisotopic (exact) mass is 457 g/mol. The number of aryl methyl sites for hydroxylation is 2. The summed E-state index contributed by atoms with van der Waals surface area (Å²) in [4.78, 5) is 12.6. The minimum atomic E-state index is -4.39. The van der Waals surface area contributed by atoms with E-state index >= 15 is 0 Å². The van der Waals surface area contributed by atoms with Gasteiger partial charge < -0.3 is 11.1 Å². The third kappa shape index (κ3) is 4.97. The molecule has 2 aromatic carbocycles. The van der Waals surface area contributed by atoms with Crippen molar-refractivity contribution in [2.24, 2.45) is 0 Å². The third-order valence-electron chi connectivity index (χ3n) is 4.81. The number of nitrogens with two attached hydrogens (primary N) is 1. The molecule has 0 saturated heterocycles. The number of carbonyl (C=O) groups is 1. The van der Waals surface area contributed by atoms with Crippen LogP contribution in [0.4, 0.5) is 24.5 Å². The minimum absolute atomic E-state index is 0.0781. The number of carbonyl (C=O) groups excluding carboxylic acids is 1. The largest absolute Gasteiger partial charge is 0.416 e. The van der Waals surface area contributed by atoms with E-state index in [1.54, 1.807) is 29.5 Å². The molecule has 164 valence electrons. The Morgan fingerprint density at radius 2 is 1.97 bits per heavy atom. The van der Waals surface area contributed by atoms with E-state index in [0.717, 1.165) is 23.3 Å². The van der Waals surface area contributed by atoms with Gasteiger partial charge in [-0.1, -0.05) is 29.5 Å². The molecular weight excluding hydrogens is 439 g/mol. The van der Waals surface area contributed by atoms with Crippen LogP contribution in [0.1, 0.15) is 21.6 Å². The van der Waals surface area contributed by atoms with Gasteiger partial charge in [0.25, 0.3) is 5.91 Å². The average molecular weight is 457 g/mol. The molecule has 0 aliphatic carbocycles. The number of benzene rings is 2. The highest BCUT2D eigenvalue weighted by atomic mass is 32.1. The normalized spacial score (nSPS) is 11.5. The first-order valence-corrected chi connectivity index (χ1v) is 10.5. The first kappa shape index (κ1) is 21.6. The van der Waals surface area contributed by atoms with Crippen LogP contribution in [0.2, 0.25) is 0 Å². The highest BCUT2D eigenvalue weighted by molar-refractivity contribution is 7.08. The fourth-order valence-corrected chi connectivity index (χ4v) is 3.78. The van der Waals surface area contributed by atoms with Crippen molar-refractivity contribution >= 4 is 28.6 Å². The number of nitrogens with zero attached hydrogens (tertiary/aromatic N) is 3. The molecule has 4 aromatic rings. The lowest BCUT2D eigenvalue weighted by Crippen LogP contribution is -2.14. The molecule has 10 heteroatoms. The lowest BCUT2D eigenvalue weighted by Gasteiger charge is -2.09. The molecule has 6 nitrogen and oxygen atoms in total. The quantitative estimate of drug-likeness (QED) is 0.395. The molecule has 0 aliphatic heterocycles. The Kier molecular flexibility index (Phi) is 5.95. The summed E-state index contributed by atoms with van der Waals surface area (Å²) in [5.74, 6) is -0.482. The Hall–Kier alpha value is -3.66. The SMILES string of the molecule is Nc1ccc(-c2ccsc2)cc1NC(=O)c1cn(CCc2cccc(C(F)(F)F)c2)nn1. The first-order chi connectivity index (χ1) is 15.3. The summed E-state index contributed by atoms with van der Waals surface area (Å²) in [6, 6.07) is 12.5. The van der Waals surface area contributed by atoms with E-state index in [9.17, 15) is 18.0 Å². The molecule has 0 atom stereocenters. The van der Waals surface area contributed by atoms with Crippen LogP contribution >= 0.6 is 11.3 Å². The fourth-order valence-electron chi connectivity index (χ4n) is 3.12. The molecule has 1 amide bonds. The number of amides is 1. The minimum Gasteiger partial charge on any atom is -0.397 e. The van der Waals surface area contributed by atoms with Crippen LogP contribution in [-0.2, 0) is 19.1 Å². The van der Waals surface area contributed by atoms with Crippen molar-refractivity contribution in [1.82, 2.24) is 15.0 Å². The molecule has 0 unspecified atom stereocenters. The first-order valence-electron chi connectivity index (χ1n) is 9.59. The van der Waals surface area contributed by atoms with Crippen LogP contribution in [-0.4, -0.2) is 20.9 Å². The van der Waals surface area contributed by atoms with Crippen LogP contribution in [0.3, 0.4) is 0 Å². The van der Waals surface area contributed by atoms with Gasteiger partial charge in [0, 0.05) is 6.54 Å². The van der Waals surface area contributed by atoms with Gasteiger partial charge in [-0.25, -0.2) is 0 Å². The predicted octanol–water partition coefficient (Wildman–Crippen LogP) is 5.10. The van der Waals surface area contributed by atoms with Crippen molar-refractivity contribution < 1.29 is 18.0 Å². The maximum Gasteiger partial charge on any atom is 0.416 e. The highest BCUT2D eigenvalue weighted by Gasteiger charge is 2.30.